The molecule has 2 aliphatic rings. The minimum Gasteiger partial charge on any atom is -0.310 e. The molecule has 0 amide bonds. The standard InChI is InChI=1S/C54H41N/c1-53(2)47-23-13-12-22-42(47)43-29-26-37(32-49(43)53)55(36-17-6-5-7-18-36)38-27-30-45-50(33-38)54(3,4)48-24-14-16-34-25-28-44(52(45)51(34)48)46-31-35-15-8-9-19-39(35)40-20-10-11-21-41(40)46/h5-33H,1-4H3. The first-order chi connectivity index (χ1) is 26.8. The van der Waals surface area contributed by atoms with Crippen molar-refractivity contribution in [3.8, 4) is 33.4 Å². The number of anilines is 3. The van der Waals surface area contributed by atoms with Gasteiger partial charge in [0.25, 0.3) is 0 Å². The molecule has 0 aliphatic heterocycles. The van der Waals surface area contributed by atoms with Crippen LogP contribution in [0.25, 0.3) is 65.7 Å². The van der Waals surface area contributed by atoms with Crippen LogP contribution in [-0.2, 0) is 10.8 Å². The van der Waals surface area contributed by atoms with Gasteiger partial charge < -0.3 is 4.90 Å². The van der Waals surface area contributed by atoms with E-state index in [1.807, 2.05) is 0 Å². The van der Waals surface area contributed by atoms with Crippen LogP contribution in [0.5, 0.6) is 0 Å². The average Bonchev–Trinajstić information content (AvgIpc) is 3.45. The van der Waals surface area contributed by atoms with Crippen molar-refractivity contribution >= 4 is 49.4 Å². The molecule has 11 rings (SSSR count). The van der Waals surface area contributed by atoms with E-state index in [1.165, 1.54) is 93.6 Å². The lowest BCUT2D eigenvalue weighted by molar-refractivity contribution is 0.645. The van der Waals surface area contributed by atoms with Gasteiger partial charge in [0, 0.05) is 27.9 Å². The fourth-order valence-electron chi connectivity index (χ4n) is 10.1. The summed E-state index contributed by atoms with van der Waals surface area (Å²) < 4.78 is 0. The topological polar surface area (TPSA) is 3.24 Å². The molecule has 0 aromatic heterocycles. The van der Waals surface area contributed by atoms with Gasteiger partial charge in [0.1, 0.15) is 0 Å². The molecular weight excluding hydrogens is 663 g/mol. The summed E-state index contributed by atoms with van der Waals surface area (Å²) in [6.07, 6.45) is 0. The van der Waals surface area contributed by atoms with Crippen LogP contribution in [0.2, 0.25) is 0 Å². The number of hydrogen-bond donors (Lipinski definition) is 0. The molecular formula is C54H41N. The molecule has 1 nitrogen and oxygen atoms in total. The van der Waals surface area contributed by atoms with E-state index >= 15 is 0 Å². The number of para-hydroxylation sites is 1. The summed E-state index contributed by atoms with van der Waals surface area (Å²) in [7, 11) is 0. The van der Waals surface area contributed by atoms with Crippen molar-refractivity contribution in [1.82, 2.24) is 0 Å². The molecule has 0 heterocycles. The Balaban J connectivity index is 1.15. The van der Waals surface area contributed by atoms with E-state index in [1.54, 1.807) is 0 Å². The molecule has 262 valence electrons. The molecule has 0 saturated carbocycles. The van der Waals surface area contributed by atoms with Crippen molar-refractivity contribution in [2.24, 2.45) is 0 Å². The molecule has 0 saturated heterocycles. The molecule has 9 aromatic rings. The summed E-state index contributed by atoms with van der Waals surface area (Å²) >= 11 is 0. The number of hydrogen-bond acceptors (Lipinski definition) is 1. The molecule has 0 spiro atoms. The number of rotatable bonds is 4. The maximum Gasteiger partial charge on any atom is 0.0465 e. The summed E-state index contributed by atoms with van der Waals surface area (Å²) in [4.78, 5) is 2.45. The molecule has 55 heavy (non-hydrogen) atoms. The second kappa shape index (κ2) is 11.5. The normalized spacial score (nSPS) is 14.5. The summed E-state index contributed by atoms with van der Waals surface area (Å²) in [6.45, 7) is 9.55. The Hall–Kier alpha value is -6.44. The smallest absolute Gasteiger partial charge is 0.0465 e. The van der Waals surface area contributed by atoms with E-state index < -0.39 is 0 Å². The first-order valence-corrected chi connectivity index (χ1v) is 19.5. The minimum absolute atomic E-state index is 0.0894. The molecule has 9 aromatic carbocycles. The summed E-state index contributed by atoms with van der Waals surface area (Å²) in [5.41, 5.74) is 16.5. The van der Waals surface area contributed by atoms with Gasteiger partial charge in [0.2, 0.25) is 0 Å². The fourth-order valence-corrected chi connectivity index (χ4v) is 10.1. The molecule has 0 fully saturated rings. The molecule has 0 unspecified atom stereocenters. The second-order valence-corrected chi connectivity index (χ2v) is 16.5. The van der Waals surface area contributed by atoms with E-state index in [9.17, 15) is 0 Å². The predicted octanol–water partition coefficient (Wildman–Crippen LogP) is 14.9. The average molecular weight is 704 g/mol. The zero-order valence-electron chi connectivity index (χ0n) is 31.7. The van der Waals surface area contributed by atoms with Gasteiger partial charge in [0.15, 0.2) is 0 Å². The lowest BCUT2D eigenvalue weighted by Gasteiger charge is -2.37. The molecule has 1 heteroatoms. The fraction of sp³-hybridized carbons (Fsp3) is 0.111. The zero-order chi connectivity index (χ0) is 37.1. The Morgan fingerprint density at radius 2 is 0.891 bits per heavy atom. The highest BCUT2D eigenvalue weighted by molar-refractivity contribution is 6.18. The largest absolute Gasteiger partial charge is 0.310 e. The first-order valence-electron chi connectivity index (χ1n) is 19.5. The monoisotopic (exact) mass is 703 g/mol. The SMILES string of the molecule is CC1(C)c2ccccc2-c2ccc(N(c3ccccc3)c3ccc4c(c3)C(C)(C)c3cccc5ccc(-c6cc7ccccc7c7ccccc67)c-4c35)cc21. The summed E-state index contributed by atoms with van der Waals surface area (Å²) in [5.74, 6) is 0. The van der Waals surface area contributed by atoms with Crippen LogP contribution in [0.15, 0.2) is 176 Å². The van der Waals surface area contributed by atoms with Gasteiger partial charge in [-0.25, -0.2) is 0 Å². The molecule has 2 aliphatic carbocycles. The molecule has 0 bridgehead atoms. The van der Waals surface area contributed by atoms with Gasteiger partial charge in [-0.05, 0) is 130 Å². The van der Waals surface area contributed by atoms with Crippen LogP contribution in [-0.4, -0.2) is 0 Å². The zero-order valence-corrected chi connectivity index (χ0v) is 31.7. The van der Waals surface area contributed by atoms with Crippen molar-refractivity contribution in [2.45, 2.75) is 38.5 Å². The molecule has 0 radical (unpaired) electrons. The van der Waals surface area contributed by atoms with Crippen LogP contribution in [0.1, 0.15) is 49.9 Å². The molecule has 0 N–H and O–H groups in total. The van der Waals surface area contributed by atoms with Crippen molar-refractivity contribution in [3.05, 3.63) is 198 Å². The van der Waals surface area contributed by atoms with Gasteiger partial charge >= 0.3 is 0 Å². The predicted molar refractivity (Wildman–Crippen MR) is 234 cm³/mol. The Kier molecular flexibility index (Phi) is 6.72. The Morgan fingerprint density at radius 3 is 1.69 bits per heavy atom. The third kappa shape index (κ3) is 4.53. The highest BCUT2D eigenvalue weighted by atomic mass is 15.1. The third-order valence-corrected chi connectivity index (χ3v) is 12.8. The second-order valence-electron chi connectivity index (χ2n) is 16.5. The first kappa shape index (κ1) is 32.0. The van der Waals surface area contributed by atoms with E-state index in [-0.39, 0.29) is 10.8 Å². The third-order valence-electron chi connectivity index (χ3n) is 12.8. The van der Waals surface area contributed by atoms with Crippen molar-refractivity contribution in [3.63, 3.8) is 0 Å². The Labute approximate surface area is 323 Å². The lowest BCUT2D eigenvalue weighted by atomic mass is 9.67. The van der Waals surface area contributed by atoms with Crippen LogP contribution in [0.4, 0.5) is 17.1 Å². The van der Waals surface area contributed by atoms with Crippen LogP contribution in [0.3, 0.4) is 0 Å². The van der Waals surface area contributed by atoms with E-state index in [4.69, 9.17) is 0 Å². The number of fused-ring (bicyclic) bond motifs is 8. The van der Waals surface area contributed by atoms with Crippen molar-refractivity contribution in [2.75, 3.05) is 4.90 Å². The Morgan fingerprint density at radius 1 is 0.327 bits per heavy atom. The van der Waals surface area contributed by atoms with Crippen LogP contribution < -0.4 is 4.90 Å². The van der Waals surface area contributed by atoms with Gasteiger partial charge in [-0.2, -0.15) is 0 Å². The summed E-state index contributed by atoms with van der Waals surface area (Å²) in [5, 5.41) is 7.79. The Bertz CT molecular complexity index is 3040. The quantitative estimate of drug-likeness (QED) is 0.165. The van der Waals surface area contributed by atoms with Gasteiger partial charge in [-0.1, -0.05) is 161 Å². The lowest BCUT2D eigenvalue weighted by Crippen LogP contribution is -2.24. The maximum atomic E-state index is 2.48. The van der Waals surface area contributed by atoms with Gasteiger partial charge in [0.05, 0.1) is 0 Å². The van der Waals surface area contributed by atoms with Gasteiger partial charge in [-0.15, -0.1) is 0 Å². The van der Waals surface area contributed by atoms with Crippen molar-refractivity contribution < 1.29 is 0 Å². The van der Waals surface area contributed by atoms with E-state index in [0.717, 1.165) is 11.4 Å². The highest BCUT2D eigenvalue weighted by Crippen LogP contribution is 2.55. The summed E-state index contributed by atoms with van der Waals surface area (Å²) in [6, 6.07) is 65.8. The van der Waals surface area contributed by atoms with Crippen LogP contribution in [0, 0.1) is 0 Å². The van der Waals surface area contributed by atoms with Crippen molar-refractivity contribution in [1.29, 1.82) is 0 Å². The minimum atomic E-state index is -0.230. The maximum absolute atomic E-state index is 2.48. The van der Waals surface area contributed by atoms with Crippen LogP contribution >= 0.6 is 0 Å². The van der Waals surface area contributed by atoms with E-state index in [2.05, 4.69) is 209 Å². The highest BCUT2D eigenvalue weighted by Gasteiger charge is 2.37. The van der Waals surface area contributed by atoms with Gasteiger partial charge in [-0.3, -0.25) is 0 Å². The van der Waals surface area contributed by atoms with E-state index in [0.29, 0.717) is 0 Å². The molecule has 0 atom stereocenters. The number of nitrogens with zero attached hydrogens (tertiary/aromatic N) is 1. The number of benzene rings is 9.